The van der Waals surface area contributed by atoms with Crippen LogP contribution in [0.4, 0.5) is 4.39 Å². The molecule has 4 rings (SSSR count). The molecule has 7 nitrogen and oxygen atoms in total. The summed E-state index contributed by atoms with van der Waals surface area (Å²) < 4.78 is 19.1. The molecule has 0 bridgehead atoms. The van der Waals surface area contributed by atoms with Crippen molar-refractivity contribution in [2.24, 2.45) is 0 Å². The minimum Gasteiger partial charge on any atom is -0.388 e. The first-order chi connectivity index (χ1) is 11.6. The number of fused-ring (bicyclic) bond motifs is 1. The lowest BCUT2D eigenvalue weighted by Gasteiger charge is -1.99. The minimum atomic E-state index is -0.691. The SMILES string of the molecule is O=c1[nH]c(Cn2nc(-c3ccc(F)cc3)oc2=O)nc2sccc12. The van der Waals surface area contributed by atoms with Gasteiger partial charge in [-0.1, -0.05) is 0 Å². The van der Waals surface area contributed by atoms with Gasteiger partial charge in [-0.05, 0) is 35.7 Å². The van der Waals surface area contributed by atoms with Gasteiger partial charge in [0.2, 0.25) is 5.89 Å². The molecule has 3 aromatic heterocycles. The number of hydrogen-bond acceptors (Lipinski definition) is 6. The number of aromatic nitrogens is 4. The topological polar surface area (TPSA) is 93.8 Å². The summed E-state index contributed by atoms with van der Waals surface area (Å²) >= 11 is 1.34. The molecule has 1 N–H and O–H groups in total. The van der Waals surface area contributed by atoms with Crippen LogP contribution >= 0.6 is 11.3 Å². The van der Waals surface area contributed by atoms with Gasteiger partial charge in [0.25, 0.3) is 5.56 Å². The zero-order chi connectivity index (χ0) is 16.7. The molecule has 4 aromatic rings. The van der Waals surface area contributed by atoms with Crippen LogP contribution < -0.4 is 11.3 Å². The molecule has 9 heteroatoms. The highest BCUT2D eigenvalue weighted by molar-refractivity contribution is 7.16. The fraction of sp³-hybridized carbons (Fsp3) is 0.0667. The summed E-state index contributed by atoms with van der Waals surface area (Å²) in [6.07, 6.45) is 0. The number of aromatic amines is 1. The van der Waals surface area contributed by atoms with E-state index in [2.05, 4.69) is 15.1 Å². The molecule has 0 aliphatic heterocycles. The Kier molecular flexibility index (Phi) is 3.35. The van der Waals surface area contributed by atoms with Crippen LogP contribution in [0.25, 0.3) is 21.7 Å². The molecule has 0 atom stereocenters. The summed E-state index contributed by atoms with van der Waals surface area (Å²) in [6.45, 7) is -0.0351. The quantitative estimate of drug-likeness (QED) is 0.613. The van der Waals surface area contributed by atoms with E-state index in [1.807, 2.05) is 0 Å². The van der Waals surface area contributed by atoms with Gasteiger partial charge in [-0.15, -0.1) is 16.4 Å². The van der Waals surface area contributed by atoms with Gasteiger partial charge in [0.05, 0.1) is 5.39 Å². The van der Waals surface area contributed by atoms with Gasteiger partial charge < -0.3 is 9.40 Å². The lowest BCUT2D eigenvalue weighted by Crippen LogP contribution is -2.20. The Morgan fingerprint density at radius 1 is 1.21 bits per heavy atom. The third kappa shape index (κ3) is 2.54. The maximum atomic E-state index is 13.0. The van der Waals surface area contributed by atoms with Crippen LogP contribution in [-0.2, 0) is 6.54 Å². The predicted molar refractivity (Wildman–Crippen MR) is 85.5 cm³/mol. The standard InChI is InChI=1S/C15H9FN4O3S/c16-9-3-1-8(2-4-9)13-19-20(15(22)23-13)7-11-17-12(21)10-5-6-24-14(10)18-11/h1-6H,7H2,(H,17,18,21). The third-order valence-electron chi connectivity index (χ3n) is 3.38. The second-order valence-electron chi connectivity index (χ2n) is 4.99. The molecule has 24 heavy (non-hydrogen) atoms. The van der Waals surface area contributed by atoms with E-state index in [-0.39, 0.29) is 18.0 Å². The maximum absolute atomic E-state index is 13.0. The summed E-state index contributed by atoms with van der Waals surface area (Å²) in [7, 11) is 0. The van der Waals surface area contributed by atoms with Gasteiger partial charge in [0.1, 0.15) is 23.0 Å². The molecule has 0 aliphatic carbocycles. The van der Waals surface area contributed by atoms with Crippen LogP contribution in [-0.4, -0.2) is 19.7 Å². The molecule has 0 saturated heterocycles. The van der Waals surface area contributed by atoms with Crippen LogP contribution in [0.15, 0.2) is 49.7 Å². The fourth-order valence-electron chi connectivity index (χ4n) is 2.24. The molecule has 0 aliphatic rings. The summed E-state index contributed by atoms with van der Waals surface area (Å²) in [5.74, 6) is -0.717. The molecule has 0 radical (unpaired) electrons. The van der Waals surface area contributed by atoms with E-state index in [4.69, 9.17) is 4.42 Å². The smallest absolute Gasteiger partial charge is 0.388 e. The zero-order valence-electron chi connectivity index (χ0n) is 12.0. The molecule has 0 amide bonds. The van der Waals surface area contributed by atoms with Gasteiger partial charge in [0, 0.05) is 5.56 Å². The number of hydrogen-bond donors (Lipinski definition) is 1. The first kappa shape index (κ1) is 14.5. The van der Waals surface area contributed by atoms with Crippen molar-refractivity contribution in [2.45, 2.75) is 6.54 Å². The molecule has 3 heterocycles. The van der Waals surface area contributed by atoms with Gasteiger partial charge >= 0.3 is 5.76 Å². The lowest BCUT2D eigenvalue weighted by atomic mass is 10.2. The molecule has 0 saturated carbocycles. The predicted octanol–water partition coefficient (Wildman–Crippen LogP) is 1.99. The van der Waals surface area contributed by atoms with Crippen LogP contribution in [0.5, 0.6) is 0 Å². The van der Waals surface area contributed by atoms with Gasteiger partial charge in [-0.2, -0.15) is 4.68 Å². The Bertz CT molecular complexity index is 1140. The van der Waals surface area contributed by atoms with Gasteiger partial charge in [0.15, 0.2) is 0 Å². The van der Waals surface area contributed by atoms with E-state index in [1.54, 1.807) is 11.4 Å². The normalized spacial score (nSPS) is 11.2. The second kappa shape index (κ2) is 5.53. The number of nitrogens with zero attached hydrogens (tertiary/aromatic N) is 3. The number of thiophene rings is 1. The third-order valence-corrected chi connectivity index (χ3v) is 4.19. The first-order valence-corrected chi connectivity index (χ1v) is 7.78. The van der Waals surface area contributed by atoms with Crippen molar-refractivity contribution in [1.29, 1.82) is 0 Å². The van der Waals surface area contributed by atoms with Crippen molar-refractivity contribution >= 4 is 21.6 Å². The monoisotopic (exact) mass is 344 g/mol. The van der Waals surface area contributed by atoms with Gasteiger partial charge in [-0.25, -0.2) is 14.2 Å². The second-order valence-corrected chi connectivity index (χ2v) is 5.88. The largest absolute Gasteiger partial charge is 0.437 e. The van der Waals surface area contributed by atoms with E-state index in [0.717, 1.165) is 4.68 Å². The van der Waals surface area contributed by atoms with E-state index in [9.17, 15) is 14.0 Å². The molecule has 1 aromatic carbocycles. The van der Waals surface area contributed by atoms with E-state index < -0.39 is 11.6 Å². The summed E-state index contributed by atoms with van der Waals surface area (Å²) in [6, 6.07) is 7.10. The minimum absolute atomic E-state index is 0.0351. The number of nitrogens with one attached hydrogen (secondary N) is 1. The highest BCUT2D eigenvalue weighted by Gasteiger charge is 2.13. The molecular formula is C15H9FN4O3S. The van der Waals surface area contributed by atoms with Crippen LogP contribution in [0, 0.1) is 5.82 Å². The van der Waals surface area contributed by atoms with Crippen molar-refractivity contribution < 1.29 is 8.81 Å². The number of rotatable bonds is 3. The Balaban J connectivity index is 1.70. The number of H-pyrrole nitrogens is 1. The van der Waals surface area contributed by atoms with Crippen molar-refractivity contribution in [3.8, 4) is 11.5 Å². The highest BCUT2D eigenvalue weighted by Crippen LogP contribution is 2.16. The molecule has 0 fully saturated rings. The van der Waals surface area contributed by atoms with E-state index in [0.29, 0.717) is 21.6 Å². The van der Waals surface area contributed by atoms with Crippen molar-refractivity contribution in [1.82, 2.24) is 19.7 Å². The summed E-state index contributed by atoms with van der Waals surface area (Å²) in [4.78, 5) is 31.4. The zero-order valence-corrected chi connectivity index (χ0v) is 12.8. The van der Waals surface area contributed by atoms with Crippen molar-refractivity contribution in [3.05, 3.63) is 68.3 Å². The fourth-order valence-corrected chi connectivity index (χ4v) is 3.03. The Morgan fingerprint density at radius 2 is 2.00 bits per heavy atom. The molecule has 0 unspecified atom stereocenters. The van der Waals surface area contributed by atoms with Crippen molar-refractivity contribution in [3.63, 3.8) is 0 Å². The van der Waals surface area contributed by atoms with E-state index >= 15 is 0 Å². The number of halogens is 1. The maximum Gasteiger partial charge on any atom is 0.437 e. The Morgan fingerprint density at radius 3 is 2.79 bits per heavy atom. The average molecular weight is 344 g/mol. The first-order valence-electron chi connectivity index (χ1n) is 6.90. The van der Waals surface area contributed by atoms with Crippen molar-refractivity contribution in [2.75, 3.05) is 0 Å². The Hall–Kier alpha value is -3.07. The average Bonchev–Trinajstić information content (AvgIpc) is 3.16. The van der Waals surface area contributed by atoms with Crippen LogP contribution in [0.3, 0.4) is 0 Å². The summed E-state index contributed by atoms with van der Waals surface area (Å²) in [5, 5.41) is 6.33. The Labute approximate surface area is 137 Å². The van der Waals surface area contributed by atoms with Crippen LogP contribution in [0.1, 0.15) is 5.82 Å². The van der Waals surface area contributed by atoms with Crippen LogP contribution in [0.2, 0.25) is 0 Å². The molecule has 120 valence electrons. The summed E-state index contributed by atoms with van der Waals surface area (Å²) in [5.41, 5.74) is 0.203. The lowest BCUT2D eigenvalue weighted by molar-refractivity contribution is 0.491. The number of benzene rings is 1. The highest BCUT2D eigenvalue weighted by atomic mass is 32.1. The molecular weight excluding hydrogens is 335 g/mol. The van der Waals surface area contributed by atoms with E-state index in [1.165, 1.54) is 35.6 Å². The molecule has 0 spiro atoms. The van der Waals surface area contributed by atoms with Gasteiger partial charge in [-0.3, -0.25) is 4.79 Å².